The van der Waals surface area contributed by atoms with E-state index in [0.29, 0.717) is 37.7 Å². The highest BCUT2D eigenvalue weighted by Gasteiger charge is 2.17. The molecule has 3 rings (SSSR count). The summed E-state index contributed by atoms with van der Waals surface area (Å²) in [5.74, 6) is 0.432. The Labute approximate surface area is 133 Å². The van der Waals surface area contributed by atoms with Gasteiger partial charge in [-0.2, -0.15) is 0 Å². The summed E-state index contributed by atoms with van der Waals surface area (Å²) in [5.41, 5.74) is 0.614. The molecule has 23 heavy (non-hydrogen) atoms. The molecule has 0 aliphatic carbocycles. The number of rotatable bonds is 4. The summed E-state index contributed by atoms with van der Waals surface area (Å²) < 4.78 is 19.2. The van der Waals surface area contributed by atoms with Crippen LogP contribution in [0.4, 0.5) is 10.2 Å². The molecule has 1 N–H and O–H groups in total. The maximum atomic E-state index is 13.9. The maximum absolute atomic E-state index is 13.9. The molecule has 0 radical (unpaired) electrons. The molecule has 0 bridgehead atoms. The van der Waals surface area contributed by atoms with Gasteiger partial charge in [-0.1, -0.05) is 12.1 Å². The topological polar surface area (TPSA) is 70.8 Å². The molecule has 0 atom stereocenters. The number of benzene rings is 1. The standard InChI is InChI=1S/C16H17FN4O2/c17-13-10-19-15(20-16(13)21-5-7-23-8-6-21)11-18-9-12-3-1-2-4-14(12)22/h1-4,9-10,22H,5-8,11H2. The Kier molecular flexibility index (Phi) is 4.77. The van der Waals surface area contributed by atoms with Crippen molar-refractivity contribution in [3.05, 3.63) is 47.7 Å². The number of aromatic nitrogens is 2. The second kappa shape index (κ2) is 7.15. The number of anilines is 1. The third-order valence-corrected chi connectivity index (χ3v) is 3.49. The Hall–Kier alpha value is -2.54. The fourth-order valence-electron chi connectivity index (χ4n) is 2.29. The highest BCUT2D eigenvalue weighted by molar-refractivity contribution is 5.83. The Morgan fingerprint density at radius 3 is 2.87 bits per heavy atom. The van der Waals surface area contributed by atoms with E-state index in [0.717, 1.165) is 0 Å². The van der Waals surface area contributed by atoms with E-state index in [-0.39, 0.29) is 18.1 Å². The molecule has 1 fully saturated rings. The lowest BCUT2D eigenvalue weighted by Gasteiger charge is -2.28. The van der Waals surface area contributed by atoms with Crippen LogP contribution >= 0.6 is 0 Å². The van der Waals surface area contributed by atoms with Gasteiger partial charge in [-0.3, -0.25) is 4.99 Å². The molecule has 1 aromatic heterocycles. The zero-order valence-corrected chi connectivity index (χ0v) is 12.5. The number of hydrogen-bond acceptors (Lipinski definition) is 6. The van der Waals surface area contributed by atoms with E-state index in [4.69, 9.17) is 4.74 Å². The second-order valence-electron chi connectivity index (χ2n) is 5.09. The monoisotopic (exact) mass is 316 g/mol. The molecular formula is C16H17FN4O2. The van der Waals surface area contributed by atoms with Crippen molar-refractivity contribution in [1.82, 2.24) is 9.97 Å². The van der Waals surface area contributed by atoms with Gasteiger partial charge in [-0.15, -0.1) is 0 Å². The summed E-state index contributed by atoms with van der Waals surface area (Å²) >= 11 is 0. The van der Waals surface area contributed by atoms with Gasteiger partial charge in [-0.05, 0) is 12.1 Å². The summed E-state index contributed by atoms with van der Waals surface area (Å²) in [6.07, 6.45) is 2.72. The molecule has 0 saturated carbocycles. The van der Waals surface area contributed by atoms with Gasteiger partial charge in [0, 0.05) is 24.9 Å². The number of morpholine rings is 1. The van der Waals surface area contributed by atoms with Crippen LogP contribution in [0.3, 0.4) is 0 Å². The molecule has 2 heterocycles. The number of phenols is 1. The third kappa shape index (κ3) is 3.81. The fourth-order valence-corrected chi connectivity index (χ4v) is 2.29. The maximum Gasteiger partial charge on any atom is 0.183 e. The molecule has 7 heteroatoms. The number of phenolic OH excluding ortho intramolecular Hbond substituents is 1. The molecule has 1 aliphatic rings. The number of para-hydroxylation sites is 1. The summed E-state index contributed by atoms with van der Waals surface area (Å²) in [5, 5.41) is 9.67. The third-order valence-electron chi connectivity index (χ3n) is 3.49. The van der Waals surface area contributed by atoms with Gasteiger partial charge in [-0.25, -0.2) is 14.4 Å². The Morgan fingerprint density at radius 2 is 2.09 bits per heavy atom. The van der Waals surface area contributed by atoms with Crippen molar-refractivity contribution in [3.63, 3.8) is 0 Å². The van der Waals surface area contributed by atoms with Gasteiger partial charge < -0.3 is 14.7 Å². The van der Waals surface area contributed by atoms with Gasteiger partial charge in [0.05, 0.1) is 26.0 Å². The van der Waals surface area contributed by atoms with Crippen LogP contribution in [0.2, 0.25) is 0 Å². The number of aromatic hydroxyl groups is 1. The average Bonchev–Trinajstić information content (AvgIpc) is 2.59. The molecule has 0 unspecified atom stereocenters. The lowest BCUT2D eigenvalue weighted by atomic mass is 10.2. The molecule has 1 aliphatic heterocycles. The van der Waals surface area contributed by atoms with Crippen LogP contribution in [0, 0.1) is 5.82 Å². The number of halogens is 1. The smallest absolute Gasteiger partial charge is 0.183 e. The SMILES string of the molecule is Oc1ccccc1C=NCc1ncc(F)c(N2CCOCC2)n1. The van der Waals surface area contributed by atoms with Crippen LogP contribution in [-0.4, -0.2) is 47.6 Å². The first-order valence-electron chi connectivity index (χ1n) is 7.36. The minimum absolute atomic E-state index is 0.158. The van der Waals surface area contributed by atoms with E-state index in [1.165, 1.54) is 6.20 Å². The Balaban J connectivity index is 1.72. The Morgan fingerprint density at radius 1 is 1.30 bits per heavy atom. The van der Waals surface area contributed by atoms with Crippen LogP contribution in [0.15, 0.2) is 35.5 Å². The van der Waals surface area contributed by atoms with Gasteiger partial charge in [0.15, 0.2) is 17.5 Å². The highest BCUT2D eigenvalue weighted by Crippen LogP contribution is 2.17. The van der Waals surface area contributed by atoms with Crippen molar-refractivity contribution in [2.75, 3.05) is 31.2 Å². The van der Waals surface area contributed by atoms with E-state index in [9.17, 15) is 9.50 Å². The van der Waals surface area contributed by atoms with Gasteiger partial charge in [0.25, 0.3) is 0 Å². The predicted octanol–water partition coefficient (Wildman–Crippen LogP) is 1.78. The molecular weight excluding hydrogens is 299 g/mol. The predicted molar refractivity (Wildman–Crippen MR) is 84.4 cm³/mol. The first-order chi connectivity index (χ1) is 11.2. The average molecular weight is 316 g/mol. The number of ether oxygens (including phenoxy) is 1. The fraction of sp³-hybridized carbons (Fsp3) is 0.312. The van der Waals surface area contributed by atoms with Crippen LogP contribution in [0.1, 0.15) is 11.4 Å². The highest BCUT2D eigenvalue weighted by atomic mass is 19.1. The number of hydrogen-bond donors (Lipinski definition) is 1. The summed E-state index contributed by atoms with van der Waals surface area (Å²) in [7, 11) is 0. The van der Waals surface area contributed by atoms with Crippen LogP contribution in [0.5, 0.6) is 5.75 Å². The minimum atomic E-state index is -0.444. The van der Waals surface area contributed by atoms with Gasteiger partial charge in [0.1, 0.15) is 5.75 Å². The Bertz CT molecular complexity index is 702. The van der Waals surface area contributed by atoms with Crippen molar-refractivity contribution < 1.29 is 14.2 Å². The van der Waals surface area contributed by atoms with Crippen LogP contribution in [0.25, 0.3) is 0 Å². The number of aliphatic imine (C=N–C) groups is 1. The minimum Gasteiger partial charge on any atom is -0.507 e. The summed E-state index contributed by atoms with van der Waals surface area (Å²) in [6.45, 7) is 2.55. The second-order valence-corrected chi connectivity index (χ2v) is 5.09. The van der Waals surface area contributed by atoms with Crippen molar-refractivity contribution >= 4 is 12.0 Å². The van der Waals surface area contributed by atoms with Crippen molar-refractivity contribution in [2.24, 2.45) is 4.99 Å². The molecule has 0 amide bonds. The number of nitrogens with zero attached hydrogens (tertiary/aromatic N) is 4. The molecule has 1 saturated heterocycles. The summed E-state index contributed by atoms with van der Waals surface area (Å²) in [4.78, 5) is 14.3. The van der Waals surface area contributed by atoms with Crippen LogP contribution < -0.4 is 4.90 Å². The normalized spacial score (nSPS) is 15.3. The quantitative estimate of drug-likeness (QED) is 0.871. The first-order valence-corrected chi connectivity index (χ1v) is 7.36. The van der Waals surface area contributed by atoms with Gasteiger partial charge >= 0.3 is 0 Å². The largest absolute Gasteiger partial charge is 0.507 e. The zero-order chi connectivity index (χ0) is 16.1. The van der Waals surface area contributed by atoms with E-state index < -0.39 is 5.82 Å². The van der Waals surface area contributed by atoms with Crippen molar-refractivity contribution in [1.29, 1.82) is 0 Å². The zero-order valence-electron chi connectivity index (χ0n) is 12.5. The molecule has 120 valence electrons. The van der Waals surface area contributed by atoms with E-state index in [1.807, 2.05) is 11.0 Å². The van der Waals surface area contributed by atoms with Gasteiger partial charge in [0.2, 0.25) is 0 Å². The van der Waals surface area contributed by atoms with E-state index in [1.54, 1.807) is 24.4 Å². The van der Waals surface area contributed by atoms with Crippen LogP contribution in [-0.2, 0) is 11.3 Å². The first kappa shape index (κ1) is 15.4. The van der Waals surface area contributed by atoms with E-state index in [2.05, 4.69) is 15.0 Å². The lowest BCUT2D eigenvalue weighted by Crippen LogP contribution is -2.37. The van der Waals surface area contributed by atoms with E-state index >= 15 is 0 Å². The van der Waals surface area contributed by atoms with Crippen molar-refractivity contribution in [2.45, 2.75) is 6.54 Å². The molecule has 0 spiro atoms. The molecule has 1 aromatic carbocycles. The van der Waals surface area contributed by atoms with Crippen molar-refractivity contribution in [3.8, 4) is 5.75 Å². The molecule has 2 aromatic rings. The summed E-state index contributed by atoms with van der Waals surface area (Å²) in [6, 6.07) is 6.89. The molecule has 6 nitrogen and oxygen atoms in total. The lowest BCUT2D eigenvalue weighted by molar-refractivity contribution is 0.122.